The maximum Gasteiger partial charge on any atom is 0.317 e. The molecule has 7 heteroatoms. The van der Waals surface area contributed by atoms with Crippen LogP contribution >= 0.6 is 0 Å². The molecule has 1 aliphatic rings. The zero-order chi connectivity index (χ0) is 15.3. The van der Waals surface area contributed by atoms with Gasteiger partial charge in [0.2, 0.25) is 0 Å². The van der Waals surface area contributed by atoms with Gasteiger partial charge in [0.05, 0.1) is 30.8 Å². The van der Waals surface area contributed by atoms with Gasteiger partial charge in [-0.3, -0.25) is 4.79 Å². The van der Waals surface area contributed by atoms with Crippen LogP contribution in [0.2, 0.25) is 0 Å². The minimum absolute atomic E-state index is 0.0766. The number of carboxylic acids is 1. The van der Waals surface area contributed by atoms with Crippen LogP contribution in [-0.4, -0.2) is 65.6 Å². The second kappa shape index (κ2) is 6.90. The summed E-state index contributed by atoms with van der Waals surface area (Å²) in [4.78, 5) is 24.8. The summed E-state index contributed by atoms with van der Waals surface area (Å²) in [5.74, 6) is -0.927. The Bertz CT molecular complexity index is 363. The van der Waals surface area contributed by atoms with E-state index in [2.05, 4.69) is 5.32 Å². The van der Waals surface area contributed by atoms with Crippen molar-refractivity contribution in [1.29, 1.82) is 0 Å². The molecular formula is C13H24N2O5. The largest absolute Gasteiger partial charge is 0.481 e. The van der Waals surface area contributed by atoms with Crippen LogP contribution in [0, 0.1) is 5.41 Å². The molecule has 1 saturated heterocycles. The van der Waals surface area contributed by atoms with Crippen molar-refractivity contribution in [2.24, 2.45) is 5.41 Å². The highest BCUT2D eigenvalue weighted by Gasteiger charge is 2.33. The summed E-state index contributed by atoms with van der Waals surface area (Å²) in [6, 6.07) is -0.320. The van der Waals surface area contributed by atoms with Gasteiger partial charge >= 0.3 is 12.0 Å². The standard InChI is InChI=1S/C13H24N2O5/c1-4-13(3,11(17)18)8-14-12(19)15-5-9(2)20-10(6-15)7-16/h9-10,16H,4-8H2,1-3H3,(H,14,19)(H,17,18). The summed E-state index contributed by atoms with van der Waals surface area (Å²) in [5, 5.41) is 20.9. The lowest BCUT2D eigenvalue weighted by Gasteiger charge is -2.36. The molecule has 0 radical (unpaired) electrons. The van der Waals surface area contributed by atoms with Gasteiger partial charge in [0, 0.05) is 13.1 Å². The number of urea groups is 1. The Morgan fingerprint density at radius 2 is 2.10 bits per heavy atom. The van der Waals surface area contributed by atoms with Crippen LogP contribution < -0.4 is 5.32 Å². The van der Waals surface area contributed by atoms with E-state index in [0.717, 1.165) is 0 Å². The van der Waals surface area contributed by atoms with Crippen molar-refractivity contribution in [2.45, 2.75) is 39.4 Å². The fraction of sp³-hybridized carbons (Fsp3) is 0.846. The molecule has 116 valence electrons. The zero-order valence-electron chi connectivity index (χ0n) is 12.3. The molecule has 1 aliphatic heterocycles. The van der Waals surface area contributed by atoms with Crippen molar-refractivity contribution in [3.63, 3.8) is 0 Å². The lowest BCUT2D eigenvalue weighted by molar-refractivity contribution is -0.147. The van der Waals surface area contributed by atoms with Crippen molar-refractivity contribution in [1.82, 2.24) is 10.2 Å². The van der Waals surface area contributed by atoms with Gasteiger partial charge in [-0.05, 0) is 20.3 Å². The lowest BCUT2D eigenvalue weighted by atomic mass is 9.88. The Kier molecular flexibility index (Phi) is 5.76. The Labute approximate surface area is 118 Å². The summed E-state index contributed by atoms with van der Waals surface area (Å²) in [6.07, 6.45) is -0.105. The van der Waals surface area contributed by atoms with E-state index in [9.17, 15) is 9.59 Å². The van der Waals surface area contributed by atoms with E-state index in [4.69, 9.17) is 14.9 Å². The average Bonchev–Trinajstić information content (AvgIpc) is 2.43. The first-order valence-corrected chi connectivity index (χ1v) is 6.85. The third-order valence-corrected chi connectivity index (χ3v) is 3.74. The molecule has 3 unspecified atom stereocenters. The smallest absolute Gasteiger partial charge is 0.317 e. The van der Waals surface area contributed by atoms with Crippen LogP contribution in [-0.2, 0) is 9.53 Å². The topological polar surface area (TPSA) is 99.1 Å². The summed E-state index contributed by atoms with van der Waals surface area (Å²) < 4.78 is 5.45. The first-order valence-electron chi connectivity index (χ1n) is 6.85. The number of carboxylic acid groups (broad SMARTS) is 1. The van der Waals surface area contributed by atoms with Crippen LogP contribution in [0.3, 0.4) is 0 Å². The molecule has 1 fully saturated rings. The van der Waals surface area contributed by atoms with E-state index in [1.54, 1.807) is 18.7 Å². The number of morpholine rings is 1. The number of ether oxygens (including phenoxy) is 1. The summed E-state index contributed by atoms with van der Waals surface area (Å²) in [5.41, 5.74) is -0.968. The fourth-order valence-electron chi connectivity index (χ4n) is 2.05. The highest BCUT2D eigenvalue weighted by molar-refractivity contribution is 5.78. The monoisotopic (exact) mass is 288 g/mol. The van der Waals surface area contributed by atoms with Gasteiger partial charge in [-0.25, -0.2) is 4.79 Å². The Balaban J connectivity index is 2.56. The molecule has 1 rings (SSSR count). The number of amides is 2. The highest BCUT2D eigenvalue weighted by Crippen LogP contribution is 2.20. The third kappa shape index (κ3) is 4.08. The molecule has 0 aromatic carbocycles. The molecule has 0 saturated carbocycles. The predicted molar refractivity (Wildman–Crippen MR) is 72.4 cm³/mol. The number of rotatable bonds is 5. The molecule has 1 heterocycles. The van der Waals surface area contributed by atoms with Crippen molar-refractivity contribution in [3.05, 3.63) is 0 Å². The maximum absolute atomic E-state index is 12.1. The number of aliphatic hydroxyl groups excluding tert-OH is 1. The predicted octanol–water partition coefficient (Wildman–Crippen LogP) is 0.279. The molecule has 0 aromatic heterocycles. The molecular weight excluding hydrogens is 264 g/mol. The summed E-state index contributed by atoms with van der Waals surface area (Å²) in [7, 11) is 0. The van der Waals surface area contributed by atoms with Gasteiger partial charge in [-0.1, -0.05) is 6.92 Å². The average molecular weight is 288 g/mol. The van der Waals surface area contributed by atoms with Crippen LogP contribution in [0.15, 0.2) is 0 Å². The minimum atomic E-state index is -0.968. The maximum atomic E-state index is 12.1. The van der Waals surface area contributed by atoms with E-state index in [1.807, 2.05) is 6.92 Å². The van der Waals surface area contributed by atoms with Crippen LogP contribution in [0.4, 0.5) is 4.79 Å². The van der Waals surface area contributed by atoms with Gasteiger partial charge in [-0.15, -0.1) is 0 Å². The number of carbonyl (C=O) groups is 2. The Morgan fingerprint density at radius 1 is 1.45 bits per heavy atom. The highest BCUT2D eigenvalue weighted by atomic mass is 16.5. The number of carbonyl (C=O) groups excluding carboxylic acids is 1. The molecule has 0 bridgehead atoms. The van der Waals surface area contributed by atoms with Crippen molar-refractivity contribution < 1.29 is 24.5 Å². The molecule has 3 atom stereocenters. The van der Waals surface area contributed by atoms with E-state index in [1.165, 1.54) is 0 Å². The van der Waals surface area contributed by atoms with Gasteiger partial charge in [0.25, 0.3) is 0 Å². The molecule has 2 amide bonds. The molecule has 0 aliphatic carbocycles. The molecule has 3 N–H and O–H groups in total. The first kappa shape index (κ1) is 16.7. The number of aliphatic carboxylic acids is 1. The van der Waals surface area contributed by atoms with Crippen molar-refractivity contribution in [3.8, 4) is 0 Å². The molecule has 0 aromatic rings. The summed E-state index contributed by atoms with van der Waals surface area (Å²) >= 11 is 0. The normalized spacial score (nSPS) is 25.9. The van der Waals surface area contributed by atoms with Gasteiger partial charge in [0.1, 0.15) is 0 Å². The third-order valence-electron chi connectivity index (χ3n) is 3.74. The Morgan fingerprint density at radius 3 is 2.60 bits per heavy atom. The van der Waals surface area contributed by atoms with E-state index in [0.29, 0.717) is 19.5 Å². The van der Waals surface area contributed by atoms with E-state index in [-0.39, 0.29) is 31.4 Å². The van der Waals surface area contributed by atoms with Gasteiger partial charge in [-0.2, -0.15) is 0 Å². The number of nitrogens with zero attached hydrogens (tertiary/aromatic N) is 1. The SMILES string of the molecule is CCC(C)(CNC(=O)N1CC(C)OC(CO)C1)C(=O)O. The molecule has 7 nitrogen and oxygen atoms in total. The van der Waals surface area contributed by atoms with Crippen molar-refractivity contribution in [2.75, 3.05) is 26.2 Å². The number of aliphatic hydroxyl groups is 1. The molecule has 20 heavy (non-hydrogen) atoms. The minimum Gasteiger partial charge on any atom is -0.481 e. The van der Waals surface area contributed by atoms with Crippen molar-refractivity contribution >= 4 is 12.0 Å². The van der Waals surface area contributed by atoms with Crippen LogP contribution in [0.5, 0.6) is 0 Å². The second-order valence-corrected chi connectivity index (χ2v) is 5.53. The van der Waals surface area contributed by atoms with Crippen LogP contribution in [0.25, 0.3) is 0 Å². The number of hydrogen-bond acceptors (Lipinski definition) is 4. The lowest BCUT2D eigenvalue weighted by Crippen LogP contribution is -2.54. The van der Waals surface area contributed by atoms with Gasteiger partial charge < -0.3 is 25.2 Å². The van der Waals surface area contributed by atoms with E-state index >= 15 is 0 Å². The second-order valence-electron chi connectivity index (χ2n) is 5.53. The zero-order valence-corrected chi connectivity index (χ0v) is 12.3. The quantitative estimate of drug-likeness (QED) is 0.675. The van der Waals surface area contributed by atoms with E-state index < -0.39 is 11.4 Å². The fourth-order valence-corrected chi connectivity index (χ4v) is 2.05. The number of nitrogens with one attached hydrogen (secondary N) is 1. The first-order chi connectivity index (χ1) is 9.32. The summed E-state index contributed by atoms with van der Waals surface area (Å²) in [6.45, 7) is 5.88. The molecule has 0 spiro atoms. The van der Waals surface area contributed by atoms with Gasteiger partial charge in [0.15, 0.2) is 0 Å². The number of hydrogen-bond donors (Lipinski definition) is 3. The Hall–Kier alpha value is -1.34. The van der Waals surface area contributed by atoms with Crippen LogP contribution in [0.1, 0.15) is 27.2 Å².